The van der Waals surface area contributed by atoms with Gasteiger partial charge in [0.2, 0.25) is 5.91 Å². The van der Waals surface area contributed by atoms with Gasteiger partial charge in [-0.2, -0.15) is 0 Å². The SMILES string of the molecule is CC(C)(C(=O)NN1CCCCC1)C1CCCNC1. The zero-order valence-corrected chi connectivity index (χ0v) is 11.8. The Morgan fingerprint density at radius 1 is 1.22 bits per heavy atom. The average Bonchev–Trinajstić information content (AvgIpc) is 2.41. The molecule has 0 aromatic carbocycles. The summed E-state index contributed by atoms with van der Waals surface area (Å²) >= 11 is 0. The Hall–Kier alpha value is -0.610. The second kappa shape index (κ2) is 6.02. The highest BCUT2D eigenvalue weighted by Crippen LogP contribution is 2.32. The number of nitrogens with zero attached hydrogens (tertiary/aromatic N) is 1. The van der Waals surface area contributed by atoms with Gasteiger partial charge >= 0.3 is 0 Å². The third-order valence-electron chi connectivity index (χ3n) is 4.52. The van der Waals surface area contributed by atoms with Crippen LogP contribution in [0.1, 0.15) is 46.0 Å². The first kappa shape index (κ1) is 13.8. The van der Waals surface area contributed by atoms with E-state index in [0.29, 0.717) is 5.92 Å². The van der Waals surface area contributed by atoms with Gasteiger partial charge in [-0.3, -0.25) is 10.2 Å². The number of hydrogen-bond acceptors (Lipinski definition) is 3. The Balaban J connectivity index is 1.88. The van der Waals surface area contributed by atoms with Crippen molar-refractivity contribution in [2.24, 2.45) is 11.3 Å². The molecule has 0 bridgehead atoms. The van der Waals surface area contributed by atoms with Crippen LogP contribution in [0.25, 0.3) is 0 Å². The molecular weight excluding hydrogens is 226 g/mol. The highest BCUT2D eigenvalue weighted by Gasteiger charge is 2.37. The molecule has 0 saturated carbocycles. The number of nitrogens with one attached hydrogen (secondary N) is 2. The van der Waals surface area contributed by atoms with Crippen molar-refractivity contribution in [1.29, 1.82) is 0 Å². The molecule has 2 heterocycles. The van der Waals surface area contributed by atoms with Crippen LogP contribution < -0.4 is 10.7 Å². The van der Waals surface area contributed by atoms with Crippen LogP contribution in [0.5, 0.6) is 0 Å². The summed E-state index contributed by atoms with van der Waals surface area (Å²) < 4.78 is 0. The molecule has 0 spiro atoms. The number of piperidine rings is 2. The molecule has 0 aliphatic carbocycles. The van der Waals surface area contributed by atoms with E-state index in [1.54, 1.807) is 0 Å². The minimum atomic E-state index is -0.273. The number of carbonyl (C=O) groups excluding carboxylic acids is 1. The highest BCUT2D eigenvalue weighted by molar-refractivity contribution is 5.81. The van der Waals surface area contributed by atoms with Crippen LogP contribution in [-0.2, 0) is 4.79 Å². The second-order valence-electron chi connectivity index (χ2n) is 6.25. The van der Waals surface area contributed by atoms with Crippen molar-refractivity contribution in [2.45, 2.75) is 46.0 Å². The molecule has 104 valence electrons. The van der Waals surface area contributed by atoms with E-state index in [-0.39, 0.29) is 11.3 Å². The van der Waals surface area contributed by atoms with Crippen molar-refractivity contribution < 1.29 is 4.79 Å². The molecule has 2 aliphatic heterocycles. The van der Waals surface area contributed by atoms with Crippen LogP contribution in [0.15, 0.2) is 0 Å². The lowest BCUT2D eigenvalue weighted by molar-refractivity contribution is -0.138. The lowest BCUT2D eigenvalue weighted by Gasteiger charge is -2.38. The van der Waals surface area contributed by atoms with Gasteiger partial charge < -0.3 is 5.32 Å². The van der Waals surface area contributed by atoms with Crippen LogP contribution in [0, 0.1) is 11.3 Å². The normalized spacial score (nSPS) is 26.9. The van der Waals surface area contributed by atoms with E-state index in [1.165, 1.54) is 25.7 Å². The molecule has 18 heavy (non-hydrogen) atoms. The average molecular weight is 253 g/mol. The molecular formula is C14H27N3O. The van der Waals surface area contributed by atoms with E-state index in [0.717, 1.165) is 32.6 Å². The smallest absolute Gasteiger partial charge is 0.240 e. The van der Waals surface area contributed by atoms with Gasteiger partial charge in [0.15, 0.2) is 0 Å². The highest BCUT2D eigenvalue weighted by atomic mass is 16.2. The maximum absolute atomic E-state index is 12.5. The Kier molecular flexibility index (Phi) is 4.62. The summed E-state index contributed by atoms with van der Waals surface area (Å²) in [5.41, 5.74) is 2.85. The number of carbonyl (C=O) groups is 1. The summed E-state index contributed by atoms with van der Waals surface area (Å²) in [6.07, 6.45) is 6.04. The summed E-state index contributed by atoms with van der Waals surface area (Å²) in [5, 5.41) is 5.51. The van der Waals surface area contributed by atoms with Crippen molar-refractivity contribution in [2.75, 3.05) is 26.2 Å². The molecule has 1 amide bonds. The number of amides is 1. The Bertz CT molecular complexity index is 279. The second-order valence-corrected chi connectivity index (χ2v) is 6.25. The van der Waals surface area contributed by atoms with E-state index >= 15 is 0 Å². The summed E-state index contributed by atoms with van der Waals surface area (Å²) in [6.45, 7) is 8.25. The molecule has 2 saturated heterocycles. The van der Waals surface area contributed by atoms with Gasteiger partial charge in [-0.05, 0) is 44.7 Å². The summed E-state index contributed by atoms with van der Waals surface area (Å²) in [7, 11) is 0. The molecule has 0 aromatic rings. The Labute approximate surface area is 110 Å². The van der Waals surface area contributed by atoms with E-state index < -0.39 is 0 Å². The van der Waals surface area contributed by atoms with Gasteiger partial charge in [-0.15, -0.1) is 0 Å². The maximum Gasteiger partial charge on any atom is 0.240 e. The van der Waals surface area contributed by atoms with E-state index in [1.807, 2.05) is 0 Å². The molecule has 2 N–H and O–H groups in total. The number of hydrogen-bond donors (Lipinski definition) is 2. The van der Waals surface area contributed by atoms with Crippen LogP contribution in [0.3, 0.4) is 0 Å². The van der Waals surface area contributed by atoms with Gasteiger partial charge in [-0.25, -0.2) is 5.01 Å². The Morgan fingerprint density at radius 3 is 2.56 bits per heavy atom. The molecule has 1 unspecified atom stereocenters. The van der Waals surface area contributed by atoms with Gasteiger partial charge in [0.05, 0.1) is 0 Å². The molecule has 0 aromatic heterocycles. The molecule has 1 atom stereocenters. The predicted molar refractivity (Wildman–Crippen MR) is 72.9 cm³/mol. The predicted octanol–water partition coefficient (Wildman–Crippen LogP) is 1.53. The van der Waals surface area contributed by atoms with Gasteiger partial charge in [0, 0.05) is 18.5 Å². The summed E-state index contributed by atoms with van der Waals surface area (Å²) in [4.78, 5) is 12.5. The summed E-state index contributed by atoms with van der Waals surface area (Å²) in [6, 6.07) is 0. The first-order chi connectivity index (χ1) is 8.60. The zero-order valence-electron chi connectivity index (χ0n) is 11.8. The lowest BCUT2D eigenvalue weighted by Crippen LogP contribution is -2.53. The maximum atomic E-state index is 12.5. The molecule has 4 nitrogen and oxygen atoms in total. The topological polar surface area (TPSA) is 44.4 Å². The molecule has 2 fully saturated rings. The number of rotatable bonds is 3. The first-order valence-corrected chi connectivity index (χ1v) is 7.37. The van der Waals surface area contributed by atoms with Gasteiger partial charge in [0.1, 0.15) is 0 Å². The zero-order chi connectivity index (χ0) is 13.0. The third-order valence-corrected chi connectivity index (χ3v) is 4.52. The third kappa shape index (κ3) is 3.23. The van der Waals surface area contributed by atoms with E-state index in [2.05, 4.69) is 29.6 Å². The van der Waals surface area contributed by atoms with Crippen molar-refractivity contribution in [3.8, 4) is 0 Å². The van der Waals surface area contributed by atoms with Crippen LogP contribution in [0.4, 0.5) is 0 Å². The van der Waals surface area contributed by atoms with Crippen molar-refractivity contribution in [3.05, 3.63) is 0 Å². The standard InChI is InChI=1S/C14H27N3O/c1-14(2,12-7-6-8-15-11-12)13(18)16-17-9-4-3-5-10-17/h12,15H,3-11H2,1-2H3,(H,16,18). The molecule has 4 heteroatoms. The van der Waals surface area contributed by atoms with Crippen molar-refractivity contribution in [1.82, 2.24) is 15.8 Å². The van der Waals surface area contributed by atoms with Gasteiger partial charge in [-0.1, -0.05) is 20.3 Å². The quantitative estimate of drug-likeness (QED) is 0.802. The Morgan fingerprint density at radius 2 is 1.94 bits per heavy atom. The lowest BCUT2D eigenvalue weighted by atomic mass is 9.74. The fourth-order valence-corrected chi connectivity index (χ4v) is 2.95. The van der Waals surface area contributed by atoms with Crippen molar-refractivity contribution in [3.63, 3.8) is 0 Å². The number of hydrazine groups is 1. The van der Waals surface area contributed by atoms with Crippen LogP contribution >= 0.6 is 0 Å². The minimum Gasteiger partial charge on any atom is -0.316 e. The first-order valence-electron chi connectivity index (χ1n) is 7.37. The minimum absolute atomic E-state index is 0.193. The monoisotopic (exact) mass is 253 g/mol. The summed E-state index contributed by atoms with van der Waals surface area (Å²) in [5.74, 6) is 0.647. The molecule has 2 aliphatic rings. The van der Waals surface area contributed by atoms with E-state index in [4.69, 9.17) is 0 Å². The molecule has 2 rings (SSSR count). The van der Waals surface area contributed by atoms with Gasteiger partial charge in [0.25, 0.3) is 0 Å². The van der Waals surface area contributed by atoms with Crippen molar-refractivity contribution >= 4 is 5.91 Å². The molecule has 0 radical (unpaired) electrons. The fraction of sp³-hybridized carbons (Fsp3) is 0.929. The van der Waals surface area contributed by atoms with E-state index in [9.17, 15) is 4.79 Å². The fourth-order valence-electron chi connectivity index (χ4n) is 2.95. The van der Waals surface area contributed by atoms with Crippen LogP contribution in [-0.4, -0.2) is 37.1 Å². The van der Waals surface area contributed by atoms with Crippen LogP contribution in [0.2, 0.25) is 0 Å². The largest absolute Gasteiger partial charge is 0.316 e.